The van der Waals surface area contributed by atoms with Gasteiger partial charge in [-0.2, -0.15) is 0 Å². The number of piperazine rings is 1. The molecule has 1 fully saturated rings. The molecule has 0 aliphatic carbocycles. The zero-order valence-corrected chi connectivity index (χ0v) is 16.3. The Balaban J connectivity index is 1.27. The van der Waals surface area contributed by atoms with Crippen LogP contribution in [0.2, 0.25) is 0 Å². The van der Waals surface area contributed by atoms with Gasteiger partial charge in [-0.25, -0.2) is 8.78 Å². The number of oxime groups is 1. The van der Waals surface area contributed by atoms with Crippen molar-refractivity contribution in [3.05, 3.63) is 71.3 Å². The second-order valence-electron chi connectivity index (χ2n) is 7.34. The Hall–Kier alpha value is -3.29. The molecule has 1 atom stereocenters. The summed E-state index contributed by atoms with van der Waals surface area (Å²) in [7, 11) is 0. The molecule has 2 aliphatic rings. The van der Waals surface area contributed by atoms with Crippen LogP contribution in [0.1, 0.15) is 28.8 Å². The van der Waals surface area contributed by atoms with Gasteiger partial charge in [0.2, 0.25) is 5.91 Å². The summed E-state index contributed by atoms with van der Waals surface area (Å²) in [4.78, 5) is 33.9. The van der Waals surface area contributed by atoms with Crippen molar-refractivity contribution in [1.29, 1.82) is 0 Å². The highest BCUT2D eigenvalue weighted by atomic mass is 19.1. The fourth-order valence-corrected chi connectivity index (χ4v) is 3.67. The van der Waals surface area contributed by atoms with Crippen LogP contribution in [0.25, 0.3) is 0 Å². The molecular formula is C22H21F2N3O3. The fourth-order valence-electron chi connectivity index (χ4n) is 3.67. The van der Waals surface area contributed by atoms with E-state index < -0.39 is 17.7 Å². The van der Waals surface area contributed by atoms with Gasteiger partial charge < -0.3 is 14.6 Å². The number of halogens is 2. The van der Waals surface area contributed by atoms with Crippen LogP contribution >= 0.6 is 0 Å². The molecule has 1 saturated heterocycles. The highest BCUT2D eigenvalue weighted by Crippen LogP contribution is 2.22. The van der Waals surface area contributed by atoms with Gasteiger partial charge in [0.1, 0.15) is 17.7 Å². The molecule has 0 N–H and O–H groups in total. The molecule has 0 saturated carbocycles. The predicted molar refractivity (Wildman–Crippen MR) is 106 cm³/mol. The van der Waals surface area contributed by atoms with Gasteiger partial charge in [-0.15, -0.1) is 0 Å². The van der Waals surface area contributed by atoms with E-state index in [2.05, 4.69) is 5.16 Å². The normalized spacial score (nSPS) is 18.7. The van der Waals surface area contributed by atoms with Gasteiger partial charge in [-0.3, -0.25) is 9.59 Å². The Bertz CT molecular complexity index is 973. The lowest BCUT2D eigenvalue weighted by Crippen LogP contribution is -2.51. The molecular weight excluding hydrogens is 392 g/mol. The van der Waals surface area contributed by atoms with Gasteiger partial charge >= 0.3 is 0 Å². The van der Waals surface area contributed by atoms with E-state index in [0.717, 1.165) is 12.1 Å². The number of nitrogens with zero attached hydrogens (tertiary/aromatic N) is 3. The second kappa shape index (κ2) is 8.61. The van der Waals surface area contributed by atoms with E-state index >= 15 is 0 Å². The van der Waals surface area contributed by atoms with Crippen LogP contribution in [0.15, 0.2) is 53.7 Å². The van der Waals surface area contributed by atoms with Crippen molar-refractivity contribution < 1.29 is 23.2 Å². The molecule has 0 bridgehead atoms. The van der Waals surface area contributed by atoms with E-state index in [-0.39, 0.29) is 30.2 Å². The van der Waals surface area contributed by atoms with Crippen LogP contribution in [0.4, 0.5) is 8.78 Å². The van der Waals surface area contributed by atoms with Crippen molar-refractivity contribution in [1.82, 2.24) is 9.80 Å². The summed E-state index contributed by atoms with van der Waals surface area (Å²) >= 11 is 0. The maximum Gasteiger partial charge on any atom is 0.253 e. The molecule has 8 heteroatoms. The highest BCUT2D eigenvalue weighted by molar-refractivity contribution is 6.01. The third-order valence-corrected chi connectivity index (χ3v) is 5.32. The summed E-state index contributed by atoms with van der Waals surface area (Å²) in [5.41, 5.74) is 1.18. The van der Waals surface area contributed by atoms with Crippen LogP contribution in [0.3, 0.4) is 0 Å². The standard InChI is InChI=1S/C22H21F2N3O3/c23-16-6-7-18(19(24)12-16)20-13-17(30-25-20)14-21(28)26-8-10-27(11-9-26)22(29)15-4-2-1-3-5-15/h1-7,12,17H,8-11,13-14H2/t17-/m1/s1. The molecule has 0 spiro atoms. The number of rotatable bonds is 4. The van der Waals surface area contributed by atoms with Crippen molar-refractivity contribution in [2.75, 3.05) is 26.2 Å². The van der Waals surface area contributed by atoms with E-state index in [9.17, 15) is 18.4 Å². The first-order valence-corrected chi connectivity index (χ1v) is 9.81. The minimum atomic E-state index is -0.705. The lowest BCUT2D eigenvalue weighted by molar-refractivity contribution is -0.135. The van der Waals surface area contributed by atoms with Gasteiger partial charge in [0.15, 0.2) is 0 Å². The van der Waals surface area contributed by atoms with Crippen molar-refractivity contribution >= 4 is 17.5 Å². The number of amides is 2. The maximum absolute atomic E-state index is 13.9. The number of carbonyl (C=O) groups is 2. The Labute approximate surface area is 172 Å². The second-order valence-corrected chi connectivity index (χ2v) is 7.34. The lowest BCUT2D eigenvalue weighted by atomic mass is 10.0. The van der Waals surface area contributed by atoms with E-state index in [0.29, 0.717) is 37.5 Å². The van der Waals surface area contributed by atoms with E-state index in [1.807, 2.05) is 18.2 Å². The topological polar surface area (TPSA) is 62.2 Å². The van der Waals surface area contributed by atoms with Crippen LogP contribution in [0.5, 0.6) is 0 Å². The average Bonchev–Trinajstić information content (AvgIpc) is 3.22. The van der Waals surface area contributed by atoms with Gasteiger partial charge in [0.05, 0.1) is 12.1 Å². The first kappa shape index (κ1) is 20.0. The van der Waals surface area contributed by atoms with E-state index in [4.69, 9.17) is 4.84 Å². The monoisotopic (exact) mass is 413 g/mol. The molecule has 2 aromatic rings. The third kappa shape index (κ3) is 4.32. The lowest BCUT2D eigenvalue weighted by Gasteiger charge is -2.35. The zero-order valence-electron chi connectivity index (χ0n) is 16.3. The molecule has 2 heterocycles. The quantitative estimate of drug-likeness (QED) is 0.775. The SMILES string of the molecule is O=C(C[C@H]1CC(c2ccc(F)cc2F)=NO1)N1CCN(C(=O)c2ccccc2)CC1. The average molecular weight is 413 g/mol. The number of benzene rings is 2. The first-order chi connectivity index (χ1) is 14.5. The number of hydrogen-bond donors (Lipinski definition) is 0. The predicted octanol–water partition coefficient (Wildman–Crippen LogP) is 2.83. The highest BCUT2D eigenvalue weighted by Gasteiger charge is 2.30. The Morgan fingerprint density at radius 2 is 1.70 bits per heavy atom. The largest absolute Gasteiger partial charge is 0.391 e. The molecule has 156 valence electrons. The maximum atomic E-state index is 13.9. The fraction of sp³-hybridized carbons (Fsp3) is 0.318. The third-order valence-electron chi connectivity index (χ3n) is 5.32. The summed E-state index contributed by atoms with van der Waals surface area (Å²) in [5, 5.41) is 3.88. The first-order valence-electron chi connectivity index (χ1n) is 9.81. The van der Waals surface area contributed by atoms with E-state index in [1.165, 1.54) is 6.07 Å². The van der Waals surface area contributed by atoms with Crippen molar-refractivity contribution in [2.45, 2.75) is 18.9 Å². The minimum absolute atomic E-state index is 0.0406. The van der Waals surface area contributed by atoms with Gasteiger partial charge in [-0.05, 0) is 24.3 Å². The minimum Gasteiger partial charge on any atom is -0.391 e. The molecule has 2 amide bonds. The summed E-state index contributed by atoms with van der Waals surface area (Å²) in [6.45, 7) is 1.83. The molecule has 0 unspecified atom stereocenters. The zero-order chi connectivity index (χ0) is 21.1. The Morgan fingerprint density at radius 1 is 1.00 bits per heavy atom. The smallest absolute Gasteiger partial charge is 0.253 e. The summed E-state index contributed by atoms with van der Waals surface area (Å²) in [5.74, 6) is -1.50. The van der Waals surface area contributed by atoms with Gasteiger partial charge in [0, 0.05) is 49.8 Å². The van der Waals surface area contributed by atoms with Crippen LogP contribution < -0.4 is 0 Å². The number of hydrogen-bond acceptors (Lipinski definition) is 4. The molecule has 2 aliphatic heterocycles. The number of carbonyl (C=O) groups excluding carboxylic acids is 2. The van der Waals surface area contributed by atoms with Crippen molar-refractivity contribution in [3.63, 3.8) is 0 Å². The summed E-state index contributed by atoms with van der Waals surface area (Å²) in [6, 6.07) is 12.3. The summed E-state index contributed by atoms with van der Waals surface area (Å²) in [6.07, 6.45) is -0.0932. The van der Waals surface area contributed by atoms with Crippen molar-refractivity contribution in [3.8, 4) is 0 Å². The Kier molecular flexibility index (Phi) is 5.74. The Morgan fingerprint density at radius 3 is 2.40 bits per heavy atom. The van der Waals surface area contributed by atoms with Gasteiger partial charge in [-0.1, -0.05) is 23.4 Å². The van der Waals surface area contributed by atoms with Crippen molar-refractivity contribution in [2.24, 2.45) is 5.16 Å². The molecule has 2 aromatic carbocycles. The van der Waals surface area contributed by atoms with E-state index in [1.54, 1.807) is 21.9 Å². The molecule has 4 rings (SSSR count). The summed E-state index contributed by atoms with van der Waals surface area (Å²) < 4.78 is 27.0. The molecule has 6 nitrogen and oxygen atoms in total. The molecule has 0 radical (unpaired) electrons. The van der Waals surface area contributed by atoms with Crippen LogP contribution in [0, 0.1) is 11.6 Å². The molecule has 30 heavy (non-hydrogen) atoms. The van der Waals surface area contributed by atoms with Crippen LogP contribution in [-0.2, 0) is 9.63 Å². The molecule has 0 aromatic heterocycles. The van der Waals surface area contributed by atoms with Crippen LogP contribution in [-0.4, -0.2) is 59.6 Å². The van der Waals surface area contributed by atoms with Gasteiger partial charge in [0.25, 0.3) is 5.91 Å².